The number of carboxylic acids is 1. The number of likely N-dealkylation sites (N-methyl/N-ethyl adjacent to an activating group) is 1. The number of aromatic nitrogens is 1. The van der Waals surface area contributed by atoms with Crippen LogP contribution in [0, 0.1) is 0 Å². The number of carboxylic acid groups (broad SMARTS) is 1. The third-order valence-electron chi connectivity index (χ3n) is 3.33. The maximum atomic E-state index is 10.8. The fourth-order valence-electron chi connectivity index (χ4n) is 2.33. The minimum Gasteiger partial charge on any atom is -0.480 e. The van der Waals surface area contributed by atoms with Gasteiger partial charge in [0.25, 0.3) is 0 Å². The second-order valence-corrected chi connectivity index (χ2v) is 5.70. The molecule has 0 bridgehead atoms. The van der Waals surface area contributed by atoms with Crippen LogP contribution in [0.5, 0.6) is 0 Å². The molecule has 0 unspecified atom stereocenters. The zero-order valence-electron chi connectivity index (χ0n) is 11.0. The Morgan fingerprint density at radius 3 is 3.05 bits per heavy atom. The quantitative estimate of drug-likeness (QED) is 0.940. The van der Waals surface area contributed by atoms with Crippen molar-refractivity contribution in [3.63, 3.8) is 0 Å². The van der Waals surface area contributed by atoms with E-state index in [0.717, 1.165) is 27.6 Å². The number of anilines is 1. The largest absolute Gasteiger partial charge is 0.480 e. The van der Waals surface area contributed by atoms with E-state index in [-0.39, 0.29) is 6.54 Å². The SMILES string of the molecule is CN(CC(=O)O)c1ccc2c(c1)-c1cccnc1SC2. The number of carbonyl (C=O) groups is 1. The van der Waals surface area contributed by atoms with Crippen LogP contribution >= 0.6 is 11.8 Å². The average molecular weight is 286 g/mol. The van der Waals surface area contributed by atoms with Crippen LogP contribution in [-0.2, 0) is 10.5 Å². The molecule has 1 N–H and O–H groups in total. The van der Waals surface area contributed by atoms with E-state index in [1.165, 1.54) is 5.56 Å². The van der Waals surface area contributed by atoms with Gasteiger partial charge in [-0.15, -0.1) is 11.8 Å². The lowest BCUT2D eigenvalue weighted by Crippen LogP contribution is -2.25. The summed E-state index contributed by atoms with van der Waals surface area (Å²) >= 11 is 1.74. The van der Waals surface area contributed by atoms with Gasteiger partial charge in [-0.05, 0) is 29.3 Å². The molecule has 5 heteroatoms. The number of hydrogen-bond donors (Lipinski definition) is 1. The Labute approximate surface area is 121 Å². The van der Waals surface area contributed by atoms with Crippen LogP contribution in [0.15, 0.2) is 41.6 Å². The summed E-state index contributed by atoms with van der Waals surface area (Å²) in [5, 5.41) is 9.93. The van der Waals surface area contributed by atoms with E-state index < -0.39 is 5.97 Å². The highest BCUT2D eigenvalue weighted by molar-refractivity contribution is 7.98. The Hall–Kier alpha value is -2.01. The zero-order valence-corrected chi connectivity index (χ0v) is 11.9. The van der Waals surface area contributed by atoms with E-state index in [1.807, 2.05) is 12.1 Å². The van der Waals surface area contributed by atoms with Crippen LogP contribution in [0.1, 0.15) is 5.56 Å². The first kappa shape index (κ1) is 13.0. The predicted molar refractivity (Wildman–Crippen MR) is 80.1 cm³/mol. The normalized spacial score (nSPS) is 12.4. The smallest absolute Gasteiger partial charge is 0.323 e. The summed E-state index contributed by atoms with van der Waals surface area (Å²) in [6.45, 7) is -0.00651. The van der Waals surface area contributed by atoms with E-state index in [0.29, 0.717) is 0 Å². The van der Waals surface area contributed by atoms with E-state index in [9.17, 15) is 4.79 Å². The molecule has 1 aliphatic rings. The van der Waals surface area contributed by atoms with Crippen molar-refractivity contribution < 1.29 is 9.90 Å². The van der Waals surface area contributed by atoms with Gasteiger partial charge in [-0.25, -0.2) is 4.98 Å². The molecule has 1 aromatic heterocycles. The van der Waals surface area contributed by atoms with Gasteiger partial charge in [0.2, 0.25) is 0 Å². The number of benzene rings is 1. The maximum Gasteiger partial charge on any atom is 0.323 e. The van der Waals surface area contributed by atoms with Crippen molar-refractivity contribution in [2.45, 2.75) is 10.8 Å². The number of thioether (sulfide) groups is 1. The van der Waals surface area contributed by atoms with Crippen molar-refractivity contribution in [3.8, 4) is 11.1 Å². The molecule has 4 nitrogen and oxygen atoms in total. The van der Waals surface area contributed by atoms with Gasteiger partial charge in [0.15, 0.2) is 0 Å². The van der Waals surface area contributed by atoms with Crippen LogP contribution in [0.3, 0.4) is 0 Å². The summed E-state index contributed by atoms with van der Waals surface area (Å²) in [5.41, 5.74) is 4.46. The number of nitrogens with zero attached hydrogens (tertiary/aromatic N) is 2. The highest BCUT2D eigenvalue weighted by Crippen LogP contribution is 2.41. The summed E-state index contributed by atoms with van der Waals surface area (Å²) in [5.74, 6) is 0.0743. The summed E-state index contributed by atoms with van der Waals surface area (Å²) < 4.78 is 0. The monoisotopic (exact) mass is 286 g/mol. The van der Waals surface area contributed by atoms with Gasteiger partial charge < -0.3 is 10.0 Å². The van der Waals surface area contributed by atoms with Crippen molar-refractivity contribution in [2.24, 2.45) is 0 Å². The highest BCUT2D eigenvalue weighted by Gasteiger charge is 2.18. The van der Waals surface area contributed by atoms with E-state index in [4.69, 9.17) is 5.11 Å². The minimum atomic E-state index is -0.831. The first-order valence-electron chi connectivity index (χ1n) is 6.29. The van der Waals surface area contributed by atoms with Gasteiger partial charge in [-0.3, -0.25) is 4.79 Å². The fraction of sp³-hybridized carbons (Fsp3) is 0.200. The van der Waals surface area contributed by atoms with Gasteiger partial charge in [0, 0.05) is 30.2 Å². The molecular formula is C15H14N2O2S. The Morgan fingerprint density at radius 2 is 2.25 bits per heavy atom. The van der Waals surface area contributed by atoms with Crippen LogP contribution < -0.4 is 4.90 Å². The maximum absolute atomic E-state index is 10.8. The van der Waals surface area contributed by atoms with Crippen molar-refractivity contribution in [1.29, 1.82) is 0 Å². The number of aliphatic carboxylic acids is 1. The second-order valence-electron chi connectivity index (χ2n) is 4.74. The van der Waals surface area contributed by atoms with E-state index in [2.05, 4.69) is 23.2 Å². The van der Waals surface area contributed by atoms with Crippen molar-refractivity contribution in [2.75, 3.05) is 18.5 Å². The third-order valence-corrected chi connectivity index (χ3v) is 4.39. The van der Waals surface area contributed by atoms with Gasteiger partial charge in [0.1, 0.15) is 11.6 Å². The molecule has 0 radical (unpaired) electrons. The third kappa shape index (κ3) is 2.36. The van der Waals surface area contributed by atoms with Crippen LogP contribution in [-0.4, -0.2) is 29.7 Å². The molecule has 102 valence electrons. The van der Waals surface area contributed by atoms with Crippen LogP contribution in [0.4, 0.5) is 5.69 Å². The van der Waals surface area contributed by atoms with Gasteiger partial charge in [0.05, 0.1) is 0 Å². The van der Waals surface area contributed by atoms with Crippen LogP contribution in [0.2, 0.25) is 0 Å². The molecule has 3 rings (SSSR count). The first-order chi connectivity index (χ1) is 9.65. The summed E-state index contributed by atoms with van der Waals surface area (Å²) in [4.78, 5) is 16.9. The molecule has 0 saturated carbocycles. The average Bonchev–Trinajstić information content (AvgIpc) is 2.46. The van der Waals surface area contributed by atoms with Crippen molar-refractivity contribution >= 4 is 23.4 Å². The lowest BCUT2D eigenvalue weighted by Gasteiger charge is -2.22. The van der Waals surface area contributed by atoms with Crippen molar-refractivity contribution in [1.82, 2.24) is 4.98 Å². The Kier molecular flexibility index (Phi) is 3.36. The molecule has 0 spiro atoms. The number of hydrogen-bond acceptors (Lipinski definition) is 4. The standard InChI is InChI=1S/C15H14N2O2S/c1-17(8-14(18)19)11-5-4-10-9-20-15-12(13(10)7-11)3-2-6-16-15/h2-7H,8-9H2,1H3,(H,18,19). The fourth-order valence-corrected chi connectivity index (χ4v) is 3.34. The molecule has 0 amide bonds. The molecule has 0 atom stereocenters. The number of fused-ring (bicyclic) bond motifs is 3. The molecule has 0 aliphatic carbocycles. The predicted octanol–water partition coefficient (Wildman–Crippen LogP) is 2.88. The zero-order chi connectivity index (χ0) is 14.1. The van der Waals surface area contributed by atoms with Gasteiger partial charge in [-0.1, -0.05) is 12.1 Å². The van der Waals surface area contributed by atoms with E-state index >= 15 is 0 Å². The van der Waals surface area contributed by atoms with E-state index in [1.54, 1.807) is 29.9 Å². The lowest BCUT2D eigenvalue weighted by atomic mass is 10.0. The lowest BCUT2D eigenvalue weighted by molar-refractivity contribution is -0.135. The number of pyridine rings is 1. The molecule has 2 aromatic rings. The molecule has 0 saturated heterocycles. The minimum absolute atomic E-state index is 0.00651. The number of rotatable bonds is 3. The van der Waals surface area contributed by atoms with Crippen LogP contribution in [0.25, 0.3) is 11.1 Å². The molecule has 20 heavy (non-hydrogen) atoms. The molecule has 2 heterocycles. The first-order valence-corrected chi connectivity index (χ1v) is 7.28. The molecule has 1 aromatic carbocycles. The molecular weight excluding hydrogens is 272 g/mol. The van der Waals surface area contributed by atoms with Gasteiger partial charge >= 0.3 is 5.97 Å². The van der Waals surface area contributed by atoms with Crippen molar-refractivity contribution in [3.05, 3.63) is 42.1 Å². The summed E-state index contributed by atoms with van der Waals surface area (Å²) in [7, 11) is 1.79. The Morgan fingerprint density at radius 1 is 1.40 bits per heavy atom. The highest BCUT2D eigenvalue weighted by atomic mass is 32.2. The Bertz CT molecular complexity index is 673. The molecule has 1 aliphatic heterocycles. The topological polar surface area (TPSA) is 53.4 Å². The summed E-state index contributed by atoms with van der Waals surface area (Å²) in [6.07, 6.45) is 1.80. The Balaban J connectivity index is 2.03. The van der Waals surface area contributed by atoms with Gasteiger partial charge in [-0.2, -0.15) is 0 Å². The second kappa shape index (κ2) is 5.17. The molecule has 0 fully saturated rings. The summed E-state index contributed by atoms with van der Waals surface area (Å²) in [6, 6.07) is 10.1.